The quantitative estimate of drug-likeness (QED) is 0.781. The zero-order chi connectivity index (χ0) is 10.8. The smallest absolute Gasteiger partial charge is 0.106 e. The van der Waals surface area contributed by atoms with E-state index in [-0.39, 0.29) is 0 Å². The molecule has 16 heavy (non-hydrogen) atoms. The lowest BCUT2D eigenvalue weighted by Crippen LogP contribution is -2.42. The maximum atomic E-state index is 5.88. The highest BCUT2D eigenvalue weighted by Crippen LogP contribution is 2.28. The fourth-order valence-electron chi connectivity index (χ4n) is 2.56. The summed E-state index contributed by atoms with van der Waals surface area (Å²) in [6.07, 6.45) is 5.01. The summed E-state index contributed by atoms with van der Waals surface area (Å²) in [5.74, 6) is 0. The van der Waals surface area contributed by atoms with E-state index in [2.05, 4.69) is 34.6 Å². The lowest BCUT2D eigenvalue weighted by Gasteiger charge is -2.29. The van der Waals surface area contributed by atoms with E-state index >= 15 is 0 Å². The Morgan fingerprint density at radius 3 is 3.06 bits per heavy atom. The van der Waals surface area contributed by atoms with Crippen LogP contribution in [-0.2, 0) is 11.3 Å². The molecule has 2 heterocycles. The van der Waals surface area contributed by atoms with Crippen LogP contribution >= 0.6 is 0 Å². The highest BCUT2D eigenvalue weighted by Gasteiger charge is 2.26. The highest BCUT2D eigenvalue weighted by molar-refractivity contribution is 5.53. The first kappa shape index (κ1) is 10.1. The van der Waals surface area contributed by atoms with Crippen molar-refractivity contribution in [1.29, 1.82) is 0 Å². The molecule has 0 amide bonds. The van der Waals surface area contributed by atoms with Gasteiger partial charge in [-0.25, -0.2) is 5.06 Å². The number of hydrogen-bond donors (Lipinski definition) is 1. The summed E-state index contributed by atoms with van der Waals surface area (Å²) in [4.78, 5) is 5.88. The van der Waals surface area contributed by atoms with Gasteiger partial charge in [-0.2, -0.15) is 0 Å². The molecule has 0 unspecified atom stereocenters. The zero-order valence-electron chi connectivity index (χ0n) is 9.48. The molecule has 3 heteroatoms. The van der Waals surface area contributed by atoms with E-state index in [0.29, 0.717) is 6.17 Å². The third kappa shape index (κ3) is 1.81. The number of nitrogens with one attached hydrogen (secondary N) is 1. The van der Waals surface area contributed by atoms with Gasteiger partial charge in [0, 0.05) is 0 Å². The number of nitrogens with zero attached hydrogens (tertiary/aromatic N) is 1. The van der Waals surface area contributed by atoms with Gasteiger partial charge in [0.1, 0.15) is 6.17 Å². The minimum Gasteiger partial charge on any atom is -0.295 e. The number of hydrogen-bond acceptors (Lipinski definition) is 3. The first-order valence-electron chi connectivity index (χ1n) is 6.18. The Bertz CT molecular complexity index is 361. The maximum absolute atomic E-state index is 5.88. The molecule has 1 N–H and O–H groups in total. The average molecular weight is 218 g/mol. The van der Waals surface area contributed by atoms with Gasteiger partial charge in [0.15, 0.2) is 0 Å². The van der Waals surface area contributed by atoms with Crippen molar-refractivity contribution in [3.8, 4) is 0 Å². The summed E-state index contributed by atoms with van der Waals surface area (Å²) < 4.78 is 0. The normalized spacial score (nSPS) is 25.2. The molecular weight excluding hydrogens is 200 g/mol. The van der Waals surface area contributed by atoms with Crippen molar-refractivity contribution >= 4 is 5.69 Å². The zero-order valence-corrected chi connectivity index (χ0v) is 9.48. The summed E-state index contributed by atoms with van der Waals surface area (Å²) in [5, 5.41) is 5.59. The maximum Gasteiger partial charge on any atom is 0.106 e. The molecule has 3 rings (SSSR count). The molecule has 2 aliphatic rings. The number of fused-ring (bicyclic) bond motifs is 1. The van der Waals surface area contributed by atoms with Gasteiger partial charge in [0.25, 0.3) is 0 Å². The minimum absolute atomic E-state index is 0.360. The third-order valence-corrected chi connectivity index (χ3v) is 3.37. The van der Waals surface area contributed by atoms with Crippen LogP contribution < -0.4 is 10.4 Å². The summed E-state index contributed by atoms with van der Waals surface area (Å²) in [6, 6.07) is 8.59. The molecule has 0 saturated carbocycles. The van der Waals surface area contributed by atoms with E-state index in [4.69, 9.17) is 4.84 Å². The van der Waals surface area contributed by atoms with Gasteiger partial charge in [-0.3, -0.25) is 10.2 Å². The number of hydroxylamine groups is 1. The highest BCUT2D eigenvalue weighted by atomic mass is 16.7. The van der Waals surface area contributed by atoms with Crippen LogP contribution in [0.25, 0.3) is 0 Å². The van der Waals surface area contributed by atoms with Crippen molar-refractivity contribution in [2.75, 3.05) is 18.2 Å². The molecule has 1 aromatic carbocycles. The van der Waals surface area contributed by atoms with E-state index in [0.717, 1.165) is 26.0 Å². The van der Waals surface area contributed by atoms with Gasteiger partial charge in [0.2, 0.25) is 0 Å². The molecule has 1 atom stereocenters. The lowest BCUT2D eigenvalue weighted by molar-refractivity contribution is 0.0851. The summed E-state index contributed by atoms with van der Waals surface area (Å²) in [5.41, 5.74) is 2.66. The number of rotatable bonds is 1. The second-order valence-electron chi connectivity index (χ2n) is 4.50. The molecule has 0 aliphatic carbocycles. The van der Waals surface area contributed by atoms with Crippen LogP contribution in [0.3, 0.4) is 0 Å². The molecular formula is C13H18N2O. The summed E-state index contributed by atoms with van der Waals surface area (Å²) in [7, 11) is 0. The number of anilines is 1. The van der Waals surface area contributed by atoms with E-state index in [1.165, 1.54) is 24.1 Å². The van der Waals surface area contributed by atoms with Crippen LogP contribution in [0.4, 0.5) is 5.69 Å². The van der Waals surface area contributed by atoms with E-state index in [1.807, 2.05) is 0 Å². The van der Waals surface area contributed by atoms with Gasteiger partial charge >= 0.3 is 0 Å². The van der Waals surface area contributed by atoms with E-state index < -0.39 is 0 Å². The third-order valence-electron chi connectivity index (χ3n) is 3.37. The van der Waals surface area contributed by atoms with Crippen LogP contribution in [0.2, 0.25) is 0 Å². The first-order chi connectivity index (χ1) is 7.95. The first-order valence-corrected chi connectivity index (χ1v) is 6.18. The number of para-hydroxylation sites is 1. The molecule has 1 fully saturated rings. The van der Waals surface area contributed by atoms with E-state index in [1.54, 1.807) is 0 Å². The van der Waals surface area contributed by atoms with Crippen molar-refractivity contribution in [2.45, 2.75) is 31.8 Å². The second kappa shape index (κ2) is 4.44. The topological polar surface area (TPSA) is 24.5 Å². The van der Waals surface area contributed by atoms with Crippen LogP contribution in [0.15, 0.2) is 24.3 Å². The standard InChI is InChI=1S/C13H18N2O/c1-2-7-12-11(5-1)6-4-10-16-15(12)13-8-3-9-14-13/h1-2,5,7,13-14H,3-4,6,8-10H2/t13-/m1/s1. The molecule has 3 nitrogen and oxygen atoms in total. The fraction of sp³-hybridized carbons (Fsp3) is 0.538. The SMILES string of the molecule is c1ccc2c(c1)CCCON2[C@@H]1CCCN1. The number of benzene rings is 1. The lowest BCUT2D eigenvalue weighted by atomic mass is 10.1. The van der Waals surface area contributed by atoms with Crippen LogP contribution in [0.5, 0.6) is 0 Å². The Kier molecular flexibility index (Phi) is 2.80. The fourth-order valence-corrected chi connectivity index (χ4v) is 2.56. The van der Waals surface area contributed by atoms with E-state index in [9.17, 15) is 0 Å². The Hall–Kier alpha value is -1.06. The Morgan fingerprint density at radius 2 is 2.19 bits per heavy atom. The van der Waals surface area contributed by atoms with Crippen molar-refractivity contribution < 1.29 is 4.84 Å². The molecule has 1 saturated heterocycles. The van der Waals surface area contributed by atoms with Gasteiger partial charge in [0.05, 0.1) is 12.3 Å². The Morgan fingerprint density at radius 1 is 1.25 bits per heavy atom. The van der Waals surface area contributed by atoms with Crippen molar-refractivity contribution in [3.63, 3.8) is 0 Å². The van der Waals surface area contributed by atoms with Crippen LogP contribution in [0, 0.1) is 0 Å². The molecule has 1 aromatic rings. The van der Waals surface area contributed by atoms with Crippen molar-refractivity contribution in [2.24, 2.45) is 0 Å². The van der Waals surface area contributed by atoms with Crippen molar-refractivity contribution in [1.82, 2.24) is 5.32 Å². The Labute approximate surface area is 96.4 Å². The van der Waals surface area contributed by atoms with Crippen molar-refractivity contribution in [3.05, 3.63) is 29.8 Å². The predicted molar refractivity (Wildman–Crippen MR) is 64.2 cm³/mol. The molecule has 86 valence electrons. The largest absolute Gasteiger partial charge is 0.295 e. The molecule has 0 spiro atoms. The van der Waals surface area contributed by atoms with Gasteiger partial charge in [-0.1, -0.05) is 18.2 Å². The van der Waals surface area contributed by atoms with Crippen LogP contribution in [0.1, 0.15) is 24.8 Å². The Balaban J connectivity index is 1.92. The minimum atomic E-state index is 0.360. The molecule has 0 radical (unpaired) electrons. The summed E-state index contributed by atoms with van der Waals surface area (Å²) >= 11 is 0. The van der Waals surface area contributed by atoms with Gasteiger partial charge < -0.3 is 0 Å². The van der Waals surface area contributed by atoms with Gasteiger partial charge in [-0.05, 0) is 43.9 Å². The summed E-state index contributed by atoms with van der Waals surface area (Å²) in [6.45, 7) is 1.93. The average Bonchev–Trinajstić information content (AvgIpc) is 2.76. The molecule has 0 bridgehead atoms. The van der Waals surface area contributed by atoms with Gasteiger partial charge in [-0.15, -0.1) is 0 Å². The second-order valence-corrected chi connectivity index (χ2v) is 4.50. The van der Waals surface area contributed by atoms with Crippen LogP contribution in [-0.4, -0.2) is 19.3 Å². The number of aryl methyl sites for hydroxylation is 1. The monoisotopic (exact) mass is 218 g/mol. The molecule has 2 aliphatic heterocycles. The molecule has 0 aromatic heterocycles. The predicted octanol–water partition coefficient (Wildman–Crippen LogP) is 2.08.